The molecule has 0 saturated heterocycles. The summed E-state index contributed by atoms with van der Waals surface area (Å²) in [6.45, 7) is 12.7. The Bertz CT molecular complexity index is 2430. The molecule has 273 valence electrons. The van der Waals surface area contributed by atoms with Crippen molar-refractivity contribution < 1.29 is 28.6 Å². The average Bonchev–Trinajstić information content (AvgIpc) is 3.55. The normalized spacial score (nSPS) is 16.3. The molecule has 0 bridgehead atoms. The van der Waals surface area contributed by atoms with Crippen LogP contribution in [0.5, 0.6) is 0 Å². The van der Waals surface area contributed by atoms with Crippen LogP contribution in [0.1, 0.15) is 79.9 Å². The van der Waals surface area contributed by atoms with Gasteiger partial charge >= 0.3 is 0 Å². The van der Waals surface area contributed by atoms with E-state index in [1.807, 2.05) is 112 Å². The fraction of sp³-hybridized carbons (Fsp3) is 0.298. The summed E-state index contributed by atoms with van der Waals surface area (Å²) in [7, 11) is -1.50. The third-order valence-corrected chi connectivity index (χ3v) is 12.0. The summed E-state index contributed by atoms with van der Waals surface area (Å²) in [5.74, 6) is -2.39. The van der Waals surface area contributed by atoms with Gasteiger partial charge in [-0.15, -0.1) is 59.7 Å². The van der Waals surface area contributed by atoms with Crippen LogP contribution in [0, 0.1) is 18.0 Å². The van der Waals surface area contributed by atoms with E-state index in [0.717, 1.165) is 93.4 Å². The van der Waals surface area contributed by atoms with Crippen molar-refractivity contribution in [1.82, 2.24) is 15.0 Å². The molecule has 0 N–H and O–H groups in total. The van der Waals surface area contributed by atoms with Gasteiger partial charge in [-0.3, -0.25) is 0 Å². The molecule has 0 amide bonds. The predicted octanol–water partition coefficient (Wildman–Crippen LogP) is 12.4. The zero-order chi connectivity index (χ0) is 39.0. The molecule has 3 aromatic carbocycles. The number of benzene rings is 3. The fourth-order valence-electron chi connectivity index (χ4n) is 7.05. The number of nitrogens with zero attached hydrogens (tertiary/aromatic N) is 3. The van der Waals surface area contributed by atoms with E-state index in [2.05, 4.69) is 53.9 Å². The number of pyridine rings is 3. The summed E-state index contributed by atoms with van der Waals surface area (Å²) in [5.41, 5.74) is 8.67. The fourth-order valence-corrected chi connectivity index (χ4v) is 8.64. The number of fused-ring (bicyclic) bond motifs is 3. The summed E-state index contributed by atoms with van der Waals surface area (Å²) in [4.78, 5) is 14.0. The Morgan fingerprint density at radius 3 is 2.26 bits per heavy atom. The van der Waals surface area contributed by atoms with Crippen molar-refractivity contribution in [3.8, 4) is 33.8 Å². The molecule has 0 spiro atoms. The van der Waals surface area contributed by atoms with Crippen molar-refractivity contribution in [2.75, 3.05) is 0 Å². The van der Waals surface area contributed by atoms with Crippen molar-refractivity contribution in [2.45, 2.75) is 84.3 Å². The maximum absolute atomic E-state index is 9.17. The number of furan rings is 1. The van der Waals surface area contributed by atoms with Crippen LogP contribution in [-0.4, -0.2) is 23.0 Å². The molecule has 4 nitrogen and oxygen atoms in total. The van der Waals surface area contributed by atoms with Gasteiger partial charge in [-0.25, -0.2) is 4.98 Å². The van der Waals surface area contributed by atoms with E-state index in [9.17, 15) is 1.37 Å². The molecule has 1 saturated carbocycles. The van der Waals surface area contributed by atoms with Gasteiger partial charge < -0.3 is 14.4 Å². The maximum atomic E-state index is 9.17. The molecule has 1 atom stereocenters. The summed E-state index contributed by atoms with van der Waals surface area (Å²) in [6.07, 6.45) is 8.47. The Morgan fingerprint density at radius 1 is 0.792 bits per heavy atom. The molecular formula is C47H49IrN3OSi-2. The van der Waals surface area contributed by atoms with Gasteiger partial charge in [0.25, 0.3) is 0 Å². The molecule has 1 aliphatic carbocycles. The third kappa shape index (κ3) is 8.78. The first-order valence-electron chi connectivity index (χ1n) is 19.9. The molecule has 4 heterocycles. The Hall–Kier alpha value is -4.22. The molecule has 6 heteroatoms. The molecule has 1 aliphatic rings. The van der Waals surface area contributed by atoms with Crippen LogP contribution in [0.15, 0.2) is 114 Å². The van der Waals surface area contributed by atoms with Gasteiger partial charge in [-0.1, -0.05) is 119 Å². The second-order valence-electron chi connectivity index (χ2n) is 15.0. The Balaban J connectivity index is 0.000000217. The van der Waals surface area contributed by atoms with Gasteiger partial charge in [0.15, 0.2) is 0 Å². The Labute approximate surface area is 334 Å². The monoisotopic (exact) mass is 895 g/mol. The Morgan fingerprint density at radius 2 is 1.55 bits per heavy atom. The minimum atomic E-state index is -1.50. The quantitative estimate of drug-likeness (QED) is 0.118. The van der Waals surface area contributed by atoms with E-state index in [-0.39, 0.29) is 20.1 Å². The summed E-state index contributed by atoms with van der Waals surface area (Å²) < 4.78 is 32.7. The second-order valence-corrected chi connectivity index (χ2v) is 20.0. The van der Waals surface area contributed by atoms with Crippen LogP contribution in [0.3, 0.4) is 0 Å². The van der Waals surface area contributed by atoms with Crippen LogP contribution >= 0.6 is 0 Å². The van der Waals surface area contributed by atoms with Crippen molar-refractivity contribution >= 4 is 35.3 Å². The molecule has 1 unspecified atom stereocenters. The zero-order valence-electron chi connectivity index (χ0n) is 34.5. The molecule has 53 heavy (non-hydrogen) atoms. The number of aromatic nitrogens is 3. The maximum Gasteiger partial charge on any atom is 0.216 e. The van der Waals surface area contributed by atoms with Gasteiger partial charge in [-0.05, 0) is 65.3 Å². The van der Waals surface area contributed by atoms with Gasteiger partial charge in [0.05, 0.1) is 19.4 Å². The minimum Gasteiger partial charge on any atom is -0.486 e. The van der Waals surface area contributed by atoms with Crippen molar-refractivity contribution in [3.63, 3.8) is 0 Å². The van der Waals surface area contributed by atoms with Crippen LogP contribution in [-0.2, 0) is 20.1 Å². The van der Waals surface area contributed by atoms with E-state index in [1.54, 1.807) is 6.20 Å². The SMILES string of the molecule is [2H]C(C)(C)c1cc(-c2[c-]cccc2)ncc1[Si](C)(C)C.[2H]C1(C([2H])(C)c2ccnc(-c3[c-]cc4oc5nc(-c6ccccc6)ccc5c4c3)c2)CCCCC1.[Ir]. The first kappa shape index (κ1) is 34.5. The largest absolute Gasteiger partial charge is 0.486 e. The summed E-state index contributed by atoms with van der Waals surface area (Å²) in [6, 6.07) is 38.3. The molecule has 4 aromatic heterocycles. The van der Waals surface area contributed by atoms with Crippen LogP contribution in [0.25, 0.3) is 55.8 Å². The number of hydrogen-bond acceptors (Lipinski definition) is 4. The number of rotatable bonds is 7. The second kappa shape index (κ2) is 16.8. The van der Waals surface area contributed by atoms with E-state index in [1.165, 1.54) is 5.19 Å². The number of hydrogen-bond donors (Lipinski definition) is 0. The van der Waals surface area contributed by atoms with Crippen molar-refractivity contribution in [3.05, 3.63) is 133 Å². The smallest absolute Gasteiger partial charge is 0.216 e. The molecule has 1 radical (unpaired) electrons. The molecule has 8 rings (SSSR count). The van der Waals surface area contributed by atoms with Crippen molar-refractivity contribution in [1.29, 1.82) is 0 Å². The molecule has 7 aromatic rings. The van der Waals surface area contributed by atoms with Gasteiger partial charge in [0, 0.05) is 47.6 Å². The Kier molecular flexibility index (Phi) is 11.0. The zero-order valence-corrected chi connectivity index (χ0v) is 34.9. The molecule has 1 fully saturated rings. The van der Waals surface area contributed by atoms with E-state index < -0.39 is 25.8 Å². The molecule has 0 aliphatic heterocycles. The van der Waals surface area contributed by atoms with Crippen LogP contribution in [0.2, 0.25) is 19.6 Å². The van der Waals surface area contributed by atoms with Gasteiger partial charge in [0.2, 0.25) is 5.71 Å². The van der Waals surface area contributed by atoms with E-state index in [0.29, 0.717) is 5.71 Å². The van der Waals surface area contributed by atoms with Gasteiger partial charge in [-0.2, -0.15) is 0 Å². The summed E-state index contributed by atoms with van der Waals surface area (Å²) in [5, 5.41) is 3.19. The van der Waals surface area contributed by atoms with Crippen molar-refractivity contribution in [2.24, 2.45) is 5.89 Å². The third-order valence-electron chi connectivity index (χ3n) is 10.0. The standard InChI is InChI=1S/C30H27N2O.C17H22NSi.Ir/c1-20(21-8-4-2-5-9-21)23-16-17-31-28(19-23)24-12-15-29-26(18-24)25-13-14-27(32-30(25)33-29)22-10-6-3-7-11-22;1-13(2)15-11-16(14-9-7-6-8-10-14)18-12-17(15)19(3,4)5;/h3,6-7,10-11,13-21H,2,4-5,8-9H2,1H3;6-9,11-13H,1-5H3;/q2*-1;/i20D,21D;13D;. The van der Waals surface area contributed by atoms with E-state index >= 15 is 0 Å². The van der Waals surface area contributed by atoms with E-state index in [4.69, 9.17) is 12.1 Å². The summed E-state index contributed by atoms with van der Waals surface area (Å²) >= 11 is 0. The van der Waals surface area contributed by atoms with Crippen LogP contribution < -0.4 is 5.19 Å². The first-order chi connectivity index (χ1) is 26.1. The molecular weight excluding hydrogens is 843 g/mol. The average molecular weight is 895 g/mol. The van der Waals surface area contributed by atoms with Gasteiger partial charge in [0.1, 0.15) is 0 Å². The van der Waals surface area contributed by atoms with Crippen LogP contribution in [0.4, 0.5) is 0 Å². The topological polar surface area (TPSA) is 51.8 Å². The first-order valence-corrected chi connectivity index (χ1v) is 21.9. The predicted molar refractivity (Wildman–Crippen MR) is 220 cm³/mol. The minimum absolute atomic E-state index is 0.